The first-order valence-corrected chi connectivity index (χ1v) is 8.77. The highest BCUT2D eigenvalue weighted by Gasteiger charge is 2.26. The van der Waals surface area contributed by atoms with Crippen molar-refractivity contribution in [1.82, 2.24) is 10.2 Å². The molecule has 0 radical (unpaired) electrons. The van der Waals surface area contributed by atoms with E-state index in [0.717, 1.165) is 31.5 Å². The molecule has 0 aromatic heterocycles. The largest absolute Gasteiger partial charge is 0.377 e. The number of rotatable bonds is 6. The molecule has 0 aliphatic carbocycles. The van der Waals surface area contributed by atoms with Gasteiger partial charge >= 0.3 is 0 Å². The van der Waals surface area contributed by atoms with Gasteiger partial charge in [0.2, 0.25) is 0 Å². The second kappa shape index (κ2) is 8.35. The SMILES string of the molecule is CCC(C)C1CCN(C(C)COC2CCNCC2)CC1. The predicted molar refractivity (Wildman–Crippen MR) is 85.1 cm³/mol. The molecule has 2 fully saturated rings. The van der Waals surface area contributed by atoms with Crippen LogP contribution in [-0.4, -0.2) is 49.8 Å². The minimum Gasteiger partial charge on any atom is -0.377 e. The van der Waals surface area contributed by atoms with Gasteiger partial charge in [0.05, 0.1) is 12.7 Å². The van der Waals surface area contributed by atoms with Gasteiger partial charge in [-0.05, 0) is 70.6 Å². The Morgan fingerprint density at radius 1 is 1.10 bits per heavy atom. The lowest BCUT2D eigenvalue weighted by atomic mass is 9.84. The van der Waals surface area contributed by atoms with Crippen molar-refractivity contribution in [3.05, 3.63) is 0 Å². The van der Waals surface area contributed by atoms with Crippen LogP contribution in [-0.2, 0) is 4.74 Å². The van der Waals surface area contributed by atoms with Crippen LogP contribution >= 0.6 is 0 Å². The van der Waals surface area contributed by atoms with E-state index in [-0.39, 0.29) is 0 Å². The van der Waals surface area contributed by atoms with Gasteiger partial charge in [-0.2, -0.15) is 0 Å². The number of ether oxygens (including phenoxy) is 1. The lowest BCUT2D eigenvalue weighted by molar-refractivity contribution is -0.00998. The van der Waals surface area contributed by atoms with E-state index in [1.54, 1.807) is 0 Å². The van der Waals surface area contributed by atoms with E-state index in [1.165, 1.54) is 45.2 Å². The number of hydrogen-bond acceptors (Lipinski definition) is 3. The van der Waals surface area contributed by atoms with Crippen molar-refractivity contribution in [3.63, 3.8) is 0 Å². The fourth-order valence-corrected chi connectivity index (χ4v) is 3.61. The van der Waals surface area contributed by atoms with E-state index in [1.807, 2.05) is 0 Å². The molecule has 2 saturated heterocycles. The molecule has 2 atom stereocenters. The number of hydrogen-bond donors (Lipinski definition) is 1. The molecule has 20 heavy (non-hydrogen) atoms. The van der Waals surface area contributed by atoms with Gasteiger partial charge in [0, 0.05) is 6.04 Å². The predicted octanol–water partition coefficient (Wildman–Crippen LogP) is 2.90. The molecule has 3 nitrogen and oxygen atoms in total. The summed E-state index contributed by atoms with van der Waals surface area (Å²) in [6, 6.07) is 0.586. The summed E-state index contributed by atoms with van der Waals surface area (Å²) in [6.45, 7) is 12.8. The Morgan fingerprint density at radius 2 is 1.75 bits per heavy atom. The van der Waals surface area contributed by atoms with Crippen LogP contribution in [0.15, 0.2) is 0 Å². The van der Waals surface area contributed by atoms with Crippen LogP contribution in [0.25, 0.3) is 0 Å². The fourth-order valence-electron chi connectivity index (χ4n) is 3.61. The van der Waals surface area contributed by atoms with Crippen LogP contribution in [0.1, 0.15) is 52.9 Å². The first-order chi connectivity index (χ1) is 9.70. The molecular formula is C17H34N2O. The van der Waals surface area contributed by atoms with E-state index in [4.69, 9.17) is 4.74 Å². The lowest BCUT2D eigenvalue weighted by Crippen LogP contribution is -2.44. The third-order valence-corrected chi connectivity index (χ3v) is 5.51. The minimum absolute atomic E-state index is 0.497. The Kier molecular flexibility index (Phi) is 6.79. The lowest BCUT2D eigenvalue weighted by Gasteiger charge is -2.38. The van der Waals surface area contributed by atoms with Gasteiger partial charge in [0.1, 0.15) is 0 Å². The smallest absolute Gasteiger partial charge is 0.0622 e. The average molecular weight is 282 g/mol. The van der Waals surface area contributed by atoms with Gasteiger partial charge in [0.15, 0.2) is 0 Å². The quantitative estimate of drug-likeness (QED) is 0.811. The maximum absolute atomic E-state index is 6.11. The standard InChI is InChI=1S/C17H34N2O/c1-4-14(2)16-7-11-19(12-8-16)15(3)13-20-17-5-9-18-10-6-17/h14-18H,4-13H2,1-3H3. The molecule has 1 N–H and O–H groups in total. The van der Waals surface area contributed by atoms with Crippen LogP contribution in [0.2, 0.25) is 0 Å². The van der Waals surface area contributed by atoms with Crippen LogP contribution in [0.4, 0.5) is 0 Å². The summed E-state index contributed by atoms with van der Waals surface area (Å²) < 4.78 is 6.11. The third-order valence-electron chi connectivity index (χ3n) is 5.51. The normalized spacial score (nSPS) is 26.6. The van der Waals surface area contributed by atoms with Crippen molar-refractivity contribution in [2.45, 2.75) is 65.0 Å². The highest BCUT2D eigenvalue weighted by molar-refractivity contribution is 4.79. The molecule has 0 aromatic carbocycles. The van der Waals surface area contributed by atoms with Gasteiger partial charge < -0.3 is 10.1 Å². The molecule has 0 spiro atoms. The van der Waals surface area contributed by atoms with Crippen LogP contribution in [0, 0.1) is 11.8 Å². The maximum Gasteiger partial charge on any atom is 0.0622 e. The number of piperidine rings is 2. The van der Waals surface area contributed by atoms with Crippen LogP contribution in [0.3, 0.4) is 0 Å². The van der Waals surface area contributed by atoms with Gasteiger partial charge in [-0.15, -0.1) is 0 Å². The molecular weight excluding hydrogens is 248 g/mol. The number of nitrogens with zero attached hydrogens (tertiary/aromatic N) is 1. The molecule has 0 aromatic rings. The summed E-state index contributed by atoms with van der Waals surface area (Å²) in [5, 5.41) is 3.40. The van der Waals surface area contributed by atoms with E-state index in [0.29, 0.717) is 12.1 Å². The average Bonchev–Trinajstić information content (AvgIpc) is 2.53. The summed E-state index contributed by atoms with van der Waals surface area (Å²) >= 11 is 0. The maximum atomic E-state index is 6.11. The van der Waals surface area contributed by atoms with Crippen molar-refractivity contribution in [3.8, 4) is 0 Å². The molecule has 2 unspecified atom stereocenters. The van der Waals surface area contributed by atoms with Gasteiger partial charge in [0.25, 0.3) is 0 Å². The molecule has 0 saturated carbocycles. The van der Waals surface area contributed by atoms with E-state index < -0.39 is 0 Å². The summed E-state index contributed by atoms with van der Waals surface area (Å²) in [7, 11) is 0. The summed E-state index contributed by atoms with van der Waals surface area (Å²) in [5.41, 5.74) is 0. The zero-order valence-electron chi connectivity index (χ0n) is 13.7. The Labute approximate surface area is 125 Å². The van der Waals surface area contributed by atoms with Crippen molar-refractivity contribution >= 4 is 0 Å². The molecule has 3 heteroatoms. The fraction of sp³-hybridized carbons (Fsp3) is 1.00. The molecule has 2 aliphatic rings. The van der Waals surface area contributed by atoms with E-state index in [2.05, 4.69) is 31.0 Å². The highest BCUT2D eigenvalue weighted by Crippen LogP contribution is 2.27. The molecule has 2 aliphatic heterocycles. The van der Waals surface area contributed by atoms with E-state index in [9.17, 15) is 0 Å². The zero-order chi connectivity index (χ0) is 14.4. The van der Waals surface area contributed by atoms with Crippen LogP contribution < -0.4 is 5.32 Å². The molecule has 2 heterocycles. The summed E-state index contributed by atoms with van der Waals surface area (Å²) in [6.07, 6.45) is 6.96. The van der Waals surface area contributed by atoms with Gasteiger partial charge in [-0.25, -0.2) is 0 Å². The summed E-state index contributed by atoms with van der Waals surface area (Å²) in [4.78, 5) is 2.64. The first kappa shape index (κ1) is 16.3. The molecule has 0 bridgehead atoms. The minimum atomic E-state index is 0.497. The number of likely N-dealkylation sites (tertiary alicyclic amines) is 1. The molecule has 0 amide bonds. The Hall–Kier alpha value is -0.120. The Bertz CT molecular complexity index is 258. The third kappa shape index (κ3) is 4.71. The van der Waals surface area contributed by atoms with E-state index >= 15 is 0 Å². The first-order valence-electron chi connectivity index (χ1n) is 8.77. The van der Waals surface area contributed by atoms with Crippen molar-refractivity contribution < 1.29 is 4.74 Å². The second-order valence-corrected chi connectivity index (χ2v) is 6.89. The Morgan fingerprint density at radius 3 is 2.35 bits per heavy atom. The topological polar surface area (TPSA) is 24.5 Å². The van der Waals surface area contributed by atoms with Crippen LogP contribution in [0.5, 0.6) is 0 Å². The summed E-state index contributed by atoms with van der Waals surface area (Å²) in [5.74, 6) is 1.85. The molecule has 118 valence electrons. The second-order valence-electron chi connectivity index (χ2n) is 6.89. The Balaban J connectivity index is 1.65. The highest BCUT2D eigenvalue weighted by atomic mass is 16.5. The van der Waals surface area contributed by atoms with Gasteiger partial charge in [-0.1, -0.05) is 20.3 Å². The zero-order valence-corrected chi connectivity index (χ0v) is 13.7. The van der Waals surface area contributed by atoms with Crippen molar-refractivity contribution in [1.29, 1.82) is 0 Å². The van der Waals surface area contributed by atoms with Crippen molar-refractivity contribution in [2.24, 2.45) is 11.8 Å². The number of nitrogens with one attached hydrogen (secondary N) is 1. The monoisotopic (exact) mass is 282 g/mol. The molecule has 2 rings (SSSR count). The van der Waals surface area contributed by atoms with Gasteiger partial charge in [-0.3, -0.25) is 4.90 Å². The van der Waals surface area contributed by atoms with Crippen molar-refractivity contribution in [2.75, 3.05) is 32.8 Å².